The molecule has 5 N–H and O–H groups in total. The Morgan fingerprint density at radius 1 is 0.760 bits per heavy atom. The molecule has 16 nitrogen and oxygen atoms in total. The number of phenols is 1. The molecule has 0 bridgehead atoms. The smallest absolute Gasteiger partial charge is 0.323 e. The topological polar surface area (TPSA) is 234 Å². The summed E-state index contributed by atoms with van der Waals surface area (Å²) in [5.74, 6) is -8.63. The summed E-state index contributed by atoms with van der Waals surface area (Å²) in [6, 6.07) is 6.09. The molecule has 0 saturated heterocycles. The predicted molar refractivity (Wildman–Crippen MR) is 168 cm³/mol. The van der Waals surface area contributed by atoms with E-state index in [9.17, 15) is 48.1 Å². The maximum atomic E-state index is 14.7. The molecule has 50 heavy (non-hydrogen) atoms. The number of carbonyl (C=O) groups is 4. The van der Waals surface area contributed by atoms with Crippen molar-refractivity contribution in [2.75, 3.05) is 64.6 Å². The van der Waals surface area contributed by atoms with Crippen molar-refractivity contribution < 1.29 is 72.1 Å². The standard InChI is InChI=1S/C32H30F2N2O14/c1-47-24-11-27(49-5-4-48-3-2-35(12-28(39)40)13-29(41)42)21(36(14-30(43)44)15-31(45)46)8-18(24)32-16-6-19(33)22(37)9-25(16)50-26-10-23(38)20(34)7-17(26)32/h6-11,37H,2-5,12-15H2,1H3,(H,39,40)(H,41,42)(H,43,44)(H,45,46). The van der Waals surface area contributed by atoms with E-state index in [1.54, 1.807) is 0 Å². The molecule has 0 saturated carbocycles. The van der Waals surface area contributed by atoms with Crippen LogP contribution in [0.4, 0.5) is 14.5 Å². The third-order valence-corrected chi connectivity index (χ3v) is 7.14. The number of carboxylic acid groups (broad SMARTS) is 4. The van der Waals surface area contributed by atoms with Crippen LogP contribution in [0.5, 0.6) is 17.2 Å². The zero-order valence-corrected chi connectivity index (χ0v) is 26.2. The number of carboxylic acids is 4. The van der Waals surface area contributed by atoms with Crippen LogP contribution in [0.15, 0.2) is 45.6 Å². The summed E-state index contributed by atoms with van der Waals surface area (Å²) in [7, 11) is 1.25. The third kappa shape index (κ3) is 8.91. The number of anilines is 1. The molecular formula is C32H30F2N2O14. The lowest BCUT2D eigenvalue weighted by atomic mass is 9.92. The van der Waals surface area contributed by atoms with Crippen molar-refractivity contribution in [1.29, 1.82) is 0 Å². The van der Waals surface area contributed by atoms with Crippen LogP contribution in [0.25, 0.3) is 33.4 Å². The van der Waals surface area contributed by atoms with E-state index in [2.05, 4.69) is 0 Å². The van der Waals surface area contributed by atoms with Crippen molar-refractivity contribution in [2.45, 2.75) is 0 Å². The molecule has 2 aromatic carbocycles. The van der Waals surface area contributed by atoms with Gasteiger partial charge in [0.2, 0.25) is 5.43 Å². The van der Waals surface area contributed by atoms with E-state index in [1.165, 1.54) is 19.2 Å². The van der Waals surface area contributed by atoms with Crippen LogP contribution in [0.1, 0.15) is 0 Å². The van der Waals surface area contributed by atoms with Gasteiger partial charge in [-0.25, -0.2) is 8.78 Å². The van der Waals surface area contributed by atoms with Crippen LogP contribution in [0.2, 0.25) is 0 Å². The number of rotatable bonds is 18. The predicted octanol–water partition coefficient (Wildman–Crippen LogP) is 2.40. The van der Waals surface area contributed by atoms with Crippen LogP contribution in [0, 0.1) is 11.6 Å². The first kappa shape index (κ1) is 36.8. The Morgan fingerprint density at radius 3 is 2.00 bits per heavy atom. The number of benzene rings is 3. The summed E-state index contributed by atoms with van der Waals surface area (Å²) in [5.41, 5.74) is -1.25. The number of ether oxygens (including phenoxy) is 3. The Kier molecular flexibility index (Phi) is 11.7. The van der Waals surface area contributed by atoms with Crippen molar-refractivity contribution in [3.8, 4) is 39.7 Å². The molecule has 0 amide bonds. The number of phenolic OH excluding ortho intramolecular Hbond substituents is 1. The molecule has 0 fully saturated rings. The number of hydrogen-bond donors (Lipinski definition) is 5. The highest BCUT2D eigenvalue weighted by molar-refractivity contribution is 6.04. The van der Waals surface area contributed by atoms with Gasteiger partial charge in [0.15, 0.2) is 17.4 Å². The van der Waals surface area contributed by atoms with Crippen molar-refractivity contribution in [1.82, 2.24) is 4.90 Å². The molecule has 0 spiro atoms. The minimum atomic E-state index is -1.41. The lowest BCUT2D eigenvalue weighted by molar-refractivity contribution is -0.142. The number of methoxy groups -OCH3 is 1. The Bertz CT molecular complexity index is 1930. The first-order chi connectivity index (χ1) is 23.7. The van der Waals surface area contributed by atoms with E-state index in [0.29, 0.717) is 0 Å². The Morgan fingerprint density at radius 2 is 1.40 bits per heavy atom. The summed E-state index contributed by atoms with van der Waals surface area (Å²) in [4.78, 5) is 59.9. The molecule has 0 radical (unpaired) electrons. The van der Waals surface area contributed by atoms with E-state index < -0.39 is 72.9 Å². The van der Waals surface area contributed by atoms with Gasteiger partial charge in [0, 0.05) is 46.8 Å². The summed E-state index contributed by atoms with van der Waals surface area (Å²) in [6.07, 6.45) is 0. The molecule has 0 atom stereocenters. The van der Waals surface area contributed by atoms with E-state index in [1.807, 2.05) is 0 Å². The second kappa shape index (κ2) is 15.9. The van der Waals surface area contributed by atoms with Crippen LogP contribution in [-0.4, -0.2) is 114 Å². The normalized spacial score (nSPS) is 11.2. The quantitative estimate of drug-likeness (QED) is 0.0739. The summed E-state index contributed by atoms with van der Waals surface area (Å²) < 4.78 is 52.0. The second-order valence-electron chi connectivity index (χ2n) is 10.7. The zero-order valence-electron chi connectivity index (χ0n) is 26.2. The van der Waals surface area contributed by atoms with Gasteiger partial charge in [-0.2, -0.15) is 0 Å². The molecular weight excluding hydrogens is 674 g/mol. The minimum Gasteiger partial charge on any atom is -0.505 e. The molecule has 2 aromatic rings. The second-order valence-corrected chi connectivity index (χ2v) is 10.7. The average Bonchev–Trinajstić information content (AvgIpc) is 3.01. The Hall–Kier alpha value is -6.01. The van der Waals surface area contributed by atoms with E-state index in [0.717, 1.165) is 34.1 Å². The number of halogens is 2. The fourth-order valence-electron chi connectivity index (χ4n) is 5.12. The molecule has 0 aromatic heterocycles. The van der Waals surface area contributed by atoms with Gasteiger partial charge in [-0.1, -0.05) is 0 Å². The lowest BCUT2D eigenvalue weighted by Crippen LogP contribution is -2.37. The highest BCUT2D eigenvalue weighted by Gasteiger charge is 2.27. The Balaban J connectivity index is 1.80. The molecule has 1 aliphatic heterocycles. The van der Waals surface area contributed by atoms with Crippen LogP contribution in [-0.2, 0) is 23.9 Å². The molecule has 0 unspecified atom stereocenters. The van der Waals surface area contributed by atoms with Crippen molar-refractivity contribution >= 4 is 40.5 Å². The van der Waals surface area contributed by atoms with Crippen LogP contribution >= 0.6 is 0 Å². The highest BCUT2D eigenvalue weighted by atomic mass is 19.1. The first-order valence-corrected chi connectivity index (χ1v) is 14.5. The van der Waals surface area contributed by atoms with Gasteiger partial charge in [0.05, 0.1) is 39.1 Å². The third-order valence-electron chi connectivity index (χ3n) is 7.14. The van der Waals surface area contributed by atoms with Gasteiger partial charge in [0.25, 0.3) is 0 Å². The molecule has 1 aliphatic carbocycles. The monoisotopic (exact) mass is 704 g/mol. The molecule has 1 heterocycles. The molecule has 2 aliphatic rings. The number of nitrogens with zero attached hydrogens (tertiary/aromatic N) is 2. The fraction of sp³-hybridized carbons (Fsp3) is 0.281. The SMILES string of the molecule is COc1cc(OCCOCCN(CC(=O)O)CC(=O)O)c(N(CC(=O)O)CC(=O)O)cc1-c1c2cc(F)c(=O)cc-2oc2cc(O)c(F)cc12. The van der Waals surface area contributed by atoms with Crippen LogP contribution in [0.3, 0.4) is 0 Å². The maximum Gasteiger partial charge on any atom is 0.323 e. The molecule has 266 valence electrons. The average molecular weight is 705 g/mol. The number of hydrogen-bond acceptors (Lipinski definition) is 12. The van der Waals surface area contributed by atoms with E-state index in [-0.39, 0.29) is 77.0 Å². The van der Waals surface area contributed by atoms with Gasteiger partial charge in [-0.3, -0.25) is 28.9 Å². The maximum absolute atomic E-state index is 14.7. The van der Waals surface area contributed by atoms with E-state index in [4.69, 9.17) is 28.8 Å². The number of fused-ring (bicyclic) bond motifs is 2. The Labute approximate surface area is 280 Å². The van der Waals surface area contributed by atoms with E-state index >= 15 is 0 Å². The van der Waals surface area contributed by atoms with Crippen LogP contribution < -0.4 is 19.8 Å². The van der Waals surface area contributed by atoms with Gasteiger partial charge < -0.3 is 49.1 Å². The highest BCUT2D eigenvalue weighted by Crippen LogP contribution is 2.48. The fourth-order valence-corrected chi connectivity index (χ4v) is 5.12. The summed E-state index contributed by atoms with van der Waals surface area (Å²) in [6.45, 7) is -3.24. The van der Waals surface area contributed by atoms with Gasteiger partial charge in [-0.05, 0) is 18.2 Å². The largest absolute Gasteiger partial charge is 0.505 e. The minimum absolute atomic E-state index is 0.0119. The molecule has 4 rings (SSSR count). The number of aliphatic carboxylic acids is 4. The summed E-state index contributed by atoms with van der Waals surface area (Å²) in [5, 5.41) is 47.2. The number of aromatic hydroxyl groups is 1. The van der Waals surface area contributed by atoms with Crippen molar-refractivity contribution in [2.24, 2.45) is 0 Å². The van der Waals surface area contributed by atoms with Gasteiger partial charge in [0.1, 0.15) is 42.5 Å². The first-order valence-electron chi connectivity index (χ1n) is 14.5. The zero-order chi connectivity index (χ0) is 36.7. The van der Waals surface area contributed by atoms with Crippen molar-refractivity contribution in [3.05, 3.63) is 58.3 Å². The van der Waals surface area contributed by atoms with Crippen molar-refractivity contribution in [3.63, 3.8) is 0 Å². The van der Waals surface area contributed by atoms with Gasteiger partial charge in [-0.15, -0.1) is 0 Å². The van der Waals surface area contributed by atoms with Gasteiger partial charge >= 0.3 is 23.9 Å². The molecule has 18 heteroatoms. The lowest BCUT2D eigenvalue weighted by Gasteiger charge is -2.26. The summed E-state index contributed by atoms with van der Waals surface area (Å²) >= 11 is 0.